The van der Waals surface area contributed by atoms with Crippen molar-refractivity contribution < 1.29 is 19.4 Å². The van der Waals surface area contributed by atoms with Gasteiger partial charge in [0.25, 0.3) is 0 Å². The van der Waals surface area contributed by atoms with E-state index in [2.05, 4.69) is 0 Å². The van der Waals surface area contributed by atoms with Gasteiger partial charge in [-0.05, 0) is 32.0 Å². The number of methoxy groups -OCH3 is 1. The van der Waals surface area contributed by atoms with Crippen molar-refractivity contribution in [3.8, 4) is 5.75 Å². The summed E-state index contributed by atoms with van der Waals surface area (Å²) in [5, 5.41) is 8.33. The van der Waals surface area contributed by atoms with Crippen LogP contribution in [0.3, 0.4) is 0 Å². The van der Waals surface area contributed by atoms with Gasteiger partial charge in [0.15, 0.2) is 5.78 Å². The van der Waals surface area contributed by atoms with E-state index in [0.717, 1.165) is 5.56 Å². The fourth-order valence-electron chi connectivity index (χ4n) is 1.40. The third-order valence-electron chi connectivity index (χ3n) is 2.52. The van der Waals surface area contributed by atoms with Crippen molar-refractivity contribution in [3.63, 3.8) is 0 Å². The van der Waals surface area contributed by atoms with Crippen molar-refractivity contribution in [2.24, 2.45) is 0 Å². The van der Waals surface area contributed by atoms with Gasteiger partial charge < -0.3 is 9.84 Å². The summed E-state index contributed by atoms with van der Waals surface area (Å²) in [4.78, 5) is 22.0. The van der Waals surface area contributed by atoms with Crippen LogP contribution < -0.4 is 4.74 Å². The van der Waals surface area contributed by atoms with E-state index >= 15 is 0 Å². The number of hydrogen-bond acceptors (Lipinski definition) is 4. The zero-order chi connectivity index (χ0) is 13.7. The Bertz CT molecular complexity index is 456. The summed E-state index contributed by atoms with van der Waals surface area (Å²) >= 11 is 1.30. The minimum atomic E-state index is -0.846. The molecule has 1 atom stereocenters. The van der Waals surface area contributed by atoms with Gasteiger partial charge in [0.1, 0.15) is 5.75 Å². The van der Waals surface area contributed by atoms with Gasteiger partial charge in [-0.1, -0.05) is 0 Å². The fraction of sp³-hybridized carbons (Fsp3) is 0.385. The van der Waals surface area contributed by atoms with Gasteiger partial charge in [0, 0.05) is 16.9 Å². The maximum atomic E-state index is 11.3. The summed E-state index contributed by atoms with van der Waals surface area (Å²) in [6, 6.07) is 5.19. The highest BCUT2D eigenvalue weighted by Gasteiger charge is 2.13. The molecule has 0 spiro atoms. The third kappa shape index (κ3) is 3.77. The van der Waals surface area contributed by atoms with Crippen molar-refractivity contribution in [3.05, 3.63) is 29.3 Å². The molecular weight excluding hydrogens is 252 g/mol. The molecule has 4 nitrogen and oxygen atoms in total. The minimum Gasteiger partial charge on any atom is -0.496 e. The van der Waals surface area contributed by atoms with Crippen LogP contribution in [0.1, 0.15) is 29.8 Å². The predicted octanol–water partition coefficient (Wildman–Crippen LogP) is 2.60. The van der Waals surface area contributed by atoms with Gasteiger partial charge in [0.2, 0.25) is 0 Å². The van der Waals surface area contributed by atoms with Crippen molar-refractivity contribution in [2.45, 2.75) is 24.9 Å². The zero-order valence-electron chi connectivity index (χ0n) is 10.6. The molecule has 0 heterocycles. The molecule has 0 saturated heterocycles. The standard InChI is InChI=1S/C13H16O4S/c1-8(14)10-4-5-12(17-3)11(6-10)7-18-9(2)13(15)16/h4-6,9H,7H2,1-3H3,(H,15,16). The average molecular weight is 268 g/mol. The Hall–Kier alpha value is -1.49. The van der Waals surface area contributed by atoms with Gasteiger partial charge in [-0.3, -0.25) is 9.59 Å². The summed E-state index contributed by atoms with van der Waals surface area (Å²) in [5.41, 5.74) is 1.44. The lowest BCUT2D eigenvalue weighted by Crippen LogP contribution is -2.11. The number of Topliss-reactive ketones (excluding diaryl/α,β-unsaturated/α-hetero) is 1. The number of benzene rings is 1. The Kier molecular flexibility index (Phi) is 5.22. The first-order chi connectivity index (χ1) is 8.45. The molecule has 0 aliphatic carbocycles. The first-order valence-electron chi connectivity index (χ1n) is 5.48. The van der Waals surface area contributed by atoms with Crippen LogP contribution in [-0.2, 0) is 10.5 Å². The van der Waals surface area contributed by atoms with E-state index in [-0.39, 0.29) is 5.78 Å². The monoisotopic (exact) mass is 268 g/mol. The van der Waals surface area contributed by atoms with Gasteiger partial charge in [-0.15, -0.1) is 11.8 Å². The molecule has 0 fully saturated rings. The molecule has 1 unspecified atom stereocenters. The van der Waals surface area contributed by atoms with Gasteiger partial charge in [-0.2, -0.15) is 0 Å². The van der Waals surface area contributed by atoms with Crippen molar-refractivity contribution in [2.75, 3.05) is 7.11 Å². The molecule has 0 amide bonds. The van der Waals surface area contributed by atoms with Crippen LogP contribution in [0.2, 0.25) is 0 Å². The third-order valence-corrected chi connectivity index (χ3v) is 3.70. The number of carboxylic acids is 1. The van der Waals surface area contributed by atoms with Crippen LogP contribution in [0.25, 0.3) is 0 Å². The van der Waals surface area contributed by atoms with E-state index < -0.39 is 11.2 Å². The Morgan fingerprint density at radius 1 is 1.44 bits per heavy atom. The summed E-state index contributed by atoms with van der Waals surface area (Å²) < 4.78 is 5.20. The van der Waals surface area contributed by atoms with E-state index in [9.17, 15) is 9.59 Å². The fourth-order valence-corrected chi connectivity index (χ4v) is 2.19. The van der Waals surface area contributed by atoms with Gasteiger partial charge >= 0.3 is 5.97 Å². The van der Waals surface area contributed by atoms with Crippen LogP contribution in [0, 0.1) is 0 Å². The lowest BCUT2D eigenvalue weighted by atomic mass is 10.1. The van der Waals surface area contributed by atoms with E-state index in [4.69, 9.17) is 9.84 Å². The first kappa shape index (κ1) is 14.6. The number of rotatable bonds is 6. The molecule has 0 aliphatic heterocycles. The summed E-state index contributed by atoms with van der Waals surface area (Å²) in [6.07, 6.45) is 0. The largest absolute Gasteiger partial charge is 0.496 e. The number of carboxylic acid groups (broad SMARTS) is 1. The van der Waals surface area contributed by atoms with Crippen LogP contribution >= 0.6 is 11.8 Å². The van der Waals surface area contributed by atoms with Gasteiger partial charge in [-0.25, -0.2) is 0 Å². The van der Waals surface area contributed by atoms with Crippen LogP contribution in [-0.4, -0.2) is 29.2 Å². The van der Waals surface area contributed by atoms with E-state index in [1.807, 2.05) is 0 Å². The second-order valence-electron chi connectivity index (χ2n) is 3.87. The van der Waals surface area contributed by atoms with Crippen molar-refractivity contribution >= 4 is 23.5 Å². The van der Waals surface area contributed by atoms with Gasteiger partial charge in [0.05, 0.1) is 12.4 Å². The molecule has 98 valence electrons. The second-order valence-corrected chi connectivity index (χ2v) is 5.20. The molecule has 0 radical (unpaired) electrons. The molecule has 18 heavy (non-hydrogen) atoms. The topological polar surface area (TPSA) is 63.6 Å². The number of thioether (sulfide) groups is 1. The number of ketones is 1. The molecule has 0 aromatic heterocycles. The lowest BCUT2D eigenvalue weighted by Gasteiger charge is -2.11. The second kappa shape index (κ2) is 6.44. The first-order valence-corrected chi connectivity index (χ1v) is 6.52. The lowest BCUT2D eigenvalue weighted by molar-refractivity contribution is -0.136. The molecule has 1 rings (SSSR count). The van der Waals surface area contributed by atoms with Crippen LogP contribution in [0.4, 0.5) is 0 Å². The van der Waals surface area contributed by atoms with Crippen molar-refractivity contribution in [1.82, 2.24) is 0 Å². The number of carbonyl (C=O) groups is 2. The molecule has 1 N–H and O–H groups in total. The highest BCUT2D eigenvalue weighted by molar-refractivity contribution is 7.99. The molecule has 0 saturated carbocycles. The van der Waals surface area contributed by atoms with Crippen LogP contribution in [0.15, 0.2) is 18.2 Å². The Labute approximate surface area is 110 Å². The Balaban J connectivity index is 2.88. The number of carbonyl (C=O) groups excluding carboxylic acids is 1. The Morgan fingerprint density at radius 3 is 2.61 bits per heavy atom. The molecule has 0 aliphatic rings. The quantitative estimate of drug-likeness (QED) is 0.803. The van der Waals surface area contributed by atoms with Crippen LogP contribution in [0.5, 0.6) is 5.75 Å². The maximum Gasteiger partial charge on any atom is 0.316 e. The molecule has 1 aromatic rings. The molecule has 0 bridgehead atoms. The van der Waals surface area contributed by atoms with E-state index in [1.165, 1.54) is 18.7 Å². The highest BCUT2D eigenvalue weighted by atomic mass is 32.2. The predicted molar refractivity (Wildman–Crippen MR) is 71.4 cm³/mol. The molecule has 5 heteroatoms. The van der Waals surface area contributed by atoms with Crippen molar-refractivity contribution in [1.29, 1.82) is 0 Å². The average Bonchev–Trinajstić information content (AvgIpc) is 2.35. The van der Waals surface area contributed by atoms with E-state index in [1.54, 1.807) is 32.2 Å². The number of aliphatic carboxylic acids is 1. The minimum absolute atomic E-state index is 0.0183. The maximum absolute atomic E-state index is 11.3. The normalized spacial score (nSPS) is 11.9. The van der Waals surface area contributed by atoms with E-state index in [0.29, 0.717) is 17.1 Å². The number of hydrogen-bond donors (Lipinski definition) is 1. The highest BCUT2D eigenvalue weighted by Crippen LogP contribution is 2.26. The molecule has 1 aromatic carbocycles. The smallest absolute Gasteiger partial charge is 0.316 e. The summed E-state index contributed by atoms with van der Waals surface area (Å²) in [5.74, 6) is 0.305. The number of ether oxygens (including phenoxy) is 1. The summed E-state index contributed by atoms with van der Waals surface area (Å²) in [6.45, 7) is 3.13. The SMILES string of the molecule is COc1ccc(C(C)=O)cc1CSC(C)C(=O)O. The summed E-state index contributed by atoms with van der Waals surface area (Å²) in [7, 11) is 1.55. The zero-order valence-corrected chi connectivity index (χ0v) is 11.4. The Morgan fingerprint density at radius 2 is 2.11 bits per heavy atom. The molecular formula is C13H16O4S.